The SMILES string of the molecule is COc1cc(NCCSC)ccc1[N+](=O)[O-]. The molecule has 0 aliphatic carbocycles. The molecule has 16 heavy (non-hydrogen) atoms. The summed E-state index contributed by atoms with van der Waals surface area (Å²) in [5.74, 6) is 1.26. The molecule has 0 unspecified atom stereocenters. The minimum atomic E-state index is -0.454. The fourth-order valence-corrected chi connectivity index (χ4v) is 1.54. The van der Waals surface area contributed by atoms with Crippen LogP contribution in [0.15, 0.2) is 18.2 Å². The largest absolute Gasteiger partial charge is 0.490 e. The molecule has 0 radical (unpaired) electrons. The molecule has 5 nitrogen and oxygen atoms in total. The Kier molecular flexibility index (Phi) is 4.91. The van der Waals surface area contributed by atoms with Crippen molar-refractivity contribution in [2.24, 2.45) is 0 Å². The highest BCUT2D eigenvalue weighted by Gasteiger charge is 2.14. The molecule has 0 saturated carbocycles. The van der Waals surface area contributed by atoms with Crippen LogP contribution in [-0.4, -0.2) is 30.6 Å². The minimum absolute atomic E-state index is 0.0158. The van der Waals surface area contributed by atoms with Crippen molar-refractivity contribution in [2.75, 3.05) is 31.0 Å². The van der Waals surface area contributed by atoms with E-state index in [1.807, 2.05) is 6.26 Å². The lowest BCUT2D eigenvalue weighted by molar-refractivity contribution is -0.385. The second kappa shape index (κ2) is 6.22. The summed E-state index contributed by atoms with van der Waals surface area (Å²) < 4.78 is 4.97. The highest BCUT2D eigenvalue weighted by molar-refractivity contribution is 7.98. The van der Waals surface area contributed by atoms with Crippen LogP contribution in [0.2, 0.25) is 0 Å². The van der Waals surface area contributed by atoms with Gasteiger partial charge in [0.1, 0.15) is 0 Å². The third-order valence-corrected chi connectivity index (χ3v) is 2.62. The minimum Gasteiger partial charge on any atom is -0.490 e. The second-order valence-corrected chi connectivity index (χ2v) is 4.05. The van der Waals surface area contributed by atoms with E-state index in [-0.39, 0.29) is 11.4 Å². The molecule has 0 heterocycles. The molecular weight excluding hydrogens is 228 g/mol. The number of thioether (sulfide) groups is 1. The van der Waals surface area contributed by atoms with E-state index in [2.05, 4.69) is 5.32 Å². The third-order valence-electron chi connectivity index (χ3n) is 2.01. The van der Waals surface area contributed by atoms with E-state index in [9.17, 15) is 10.1 Å². The molecule has 0 bridgehead atoms. The van der Waals surface area contributed by atoms with E-state index >= 15 is 0 Å². The Morgan fingerprint density at radius 1 is 1.56 bits per heavy atom. The summed E-state index contributed by atoms with van der Waals surface area (Å²) >= 11 is 1.74. The Hall–Kier alpha value is -1.43. The topological polar surface area (TPSA) is 64.4 Å². The van der Waals surface area contributed by atoms with Crippen LogP contribution in [0.25, 0.3) is 0 Å². The highest BCUT2D eigenvalue weighted by atomic mass is 32.2. The van der Waals surface area contributed by atoms with Crippen molar-refractivity contribution in [3.05, 3.63) is 28.3 Å². The zero-order valence-electron chi connectivity index (χ0n) is 9.23. The normalized spacial score (nSPS) is 9.88. The zero-order valence-corrected chi connectivity index (χ0v) is 10.0. The molecule has 1 N–H and O–H groups in total. The Labute approximate surface area is 98.3 Å². The van der Waals surface area contributed by atoms with E-state index in [4.69, 9.17) is 4.74 Å². The van der Waals surface area contributed by atoms with Gasteiger partial charge in [-0.1, -0.05) is 0 Å². The Balaban J connectivity index is 2.78. The molecule has 0 amide bonds. The number of hydrogen-bond donors (Lipinski definition) is 1. The first kappa shape index (κ1) is 12.6. The van der Waals surface area contributed by atoms with Crippen LogP contribution in [0.5, 0.6) is 5.75 Å². The van der Waals surface area contributed by atoms with Gasteiger partial charge in [-0.15, -0.1) is 0 Å². The quantitative estimate of drug-likeness (QED) is 0.471. The molecule has 0 atom stereocenters. The molecule has 0 saturated heterocycles. The molecular formula is C10H14N2O3S. The Morgan fingerprint density at radius 2 is 2.31 bits per heavy atom. The summed E-state index contributed by atoms with van der Waals surface area (Å²) in [4.78, 5) is 10.2. The third kappa shape index (κ3) is 3.30. The first-order valence-electron chi connectivity index (χ1n) is 4.74. The lowest BCUT2D eigenvalue weighted by Gasteiger charge is -2.07. The monoisotopic (exact) mass is 242 g/mol. The summed E-state index contributed by atoms with van der Waals surface area (Å²) in [6.45, 7) is 0.822. The second-order valence-electron chi connectivity index (χ2n) is 3.06. The fourth-order valence-electron chi connectivity index (χ4n) is 1.24. The van der Waals surface area contributed by atoms with Crippen molar-refractivity contribution < 1.29 is 9.66 Å². The van der Waals surface area contributed by atoms with Crippen molar-refractivity contribution in [1.82, 2.24) is 0 Å². The van der Waals surface area contributed by atoms with Crippen LogP contribution in [0.1, 0.15) is 0 Å². The Morgan fingerprint density at radius 3 is 2.88 bits per heavy atom. The van der Waals surface area contributed by atoms with Crippen LogP contribution < -0.4 is 10.1 Å². The number of ether oxygens (including phenoxy) is 1. The maximum absolute atomic E-state index is 10.7. The summed E-state index contributed by atoms with van der Waals surface area (Å²) in [6, 6.07) is 4.76. The van der Waals surface area contributed by atoms with E-state index < -0.39 is 4.92 Å². The summed E-state index contributed by atoms with van der Waals surface area (Å²) in [5.41, 5.74) is 0.814. The van der Waals surface area contributed by atoms with Gasteiger partial charge in [-0.2, -0.15) is 11.8 Å². The van der Waals surface area contributed by atoms with Gasteiger partial charge in [0.25, 0.3) is 0 Å². The highest BCUT2D eigenvalue weighted by Crippen LogP contribution is 2.29. The molecule has 0 aliphatic heterocycles. The zero-order chi connectivity index (χ0) is 12.0. The van der Waals surface area contributed by atoms with Crippen molar-refractivity contribution in [3.8, 4) is 5.75 Å². The van der Waals surface area contributed by atoms with E-state index in [1.165, 1.54) is 13.2 Å². The molecule has 88 valence electrons. The number of benzene rings is 1. The number of nitro groups is 1. The number of rotatable bonds is 6. The van der Waals surface area contributed by atoms with Crippen molar-refractivity contribution in [3.63, 3.8) is 0 Å². The maximum atomic E-state index is 10.7. The van der Waals surface area contributed by atoms with Crippen LogP contribution in [0.3, 0.4) is 0 Å². The van der Waals surface area contributed by atoms with Gasteiger partial charge in [-0.3, -0.25) is 10.1 Å². The fraction of sp³-hybridized carbons (Fsp3) is 0.400. The van der Waals surface area contributed by atoms with Gasteiger partial charge in [0.15, 0.2) is 5.75 Å². The lowest BCUT2D eigenvalue weighted by atomic mass is 10.2. The van der Waals surface area contributed by atoms with Crippen molar-refractivity contribution in [2.45, 2.75) is 0 Å². The summed E-state index contributed by atoms with van der Waals surface area (Å²) in [5, 5.41) is 13.8. The molecule has 0 aliphatic rings. The van der Waals surface area contributed by atoms with Gasteiger partial charge in [0, 0.05) is 30.1 Å². The van der Waals surface area contributed by atoms with Gasteiger partial charge in [0.05, 0.1) is 12.0 Å². The summed E-state index contributed by atoms with van der Waals surface area (Å²) in [7, 11) is 1.42. The standard InChI is InChI=1S/C10H14N2O3S/c1-15-10-7-8(11-5-6-16-2)3-4-9(10)12(13)14/h3-4,7,11H,5-6H2,1-2H3. The number of anilines is 1. The predicted molar refractivity (Wildman–Crippen MR) is 66.5 cm³/mol. The first-order chi connectivity index (χ1) is 7.69. The number of methoxy groups -OCH3 is 1. The number of nitro benzene ring substituents is 1. The molecule has 1 aromatic rings. The van der Waals surface area contributed by atoms with Crippen LogP contribution in [0.4, 0.5) is 11.4 Å². The van der Waals surface area contributed by atoms with Gasteiger partial charge >= 0.3 is 5.69 Å². The average Bonchev–Trinajstić information content (AvgIpc) is 2.29. The van der Waals surface area contributed by atoms with Crippen LogP contribution >= 0.6 is 11.8 Å². The molecule has 0 aromatic heterocycles. The van der Waals surface area contributed by atoms with E-state index in [1.54, 1.807) is 23.9 Å². The van der Waals surface area contributed by atoms with Gasteiger partial charge in [0.2, 0.25) is 0 Å². The molecule has 0 spiro atoms. The van der Waals surface area contributed by atoms with Gasteiger partial charge in [-0.25, -0.2) is 0 Å². The van der Waals surface area contributed by atoms with Gasteiger partial charge < -0.3 is 10.1 Å². The summed E-state index contributed by atoms with van der Waals surface area (Å²) in [6.07, 6.45) is 2.03. The molecule has 0 fully saturated rings. The van der Waals surface area contributed by atoms with Crippen molar-refractivity contribution >= 4 is 23.1 Å². The number of nitrogens with zero attached hydrogens (tertiary/aromatic N) is 1. The van der Waals surface area contributed by atoms with Crippen LogP contribution in [0, 0.1) is 10.1 Å². The lowest BCUT2D eigenvalue weighted by Crippen LogP contribution is -2.04. The number of nitrogens with one attached hydrogen (secondary N) is 1. The maximum Gasteiger partial charge on any atom is 0.311 e. The van der Waals surface area contributed by atoms with Gasteiger partial charge in [-0.05, 0) is 12.3 Å². The molecule has 1 rings (SSSR count). The Bertz CT molecular complexity index is 371. The average molecular weight is 242 g/mol. The van der Waals surface area contributed by atoms with E-state index in [0.29, 0.717) is 0 Å². The molecule has 1 aromatic carbocycles. The molecule has 6 heteroatoms. The van der Waals surface area contributed by atoms with E-state index in [0.717, 1.165) is 18.0 Å². The van der Waals surface area contributed by atoms with Crippen molar-refractivity contribution in [1.29, 1.82) is 0 Å². The first-order valence-corrected chi connectivity index (χ1v) is 6.13. The predicted octanol–water partition coefficient (Wildman–Crippen LogP) is 2.38. The van der Waals surface area contributed by atoms with Crippen LogP contribution in [-0.2, 0) is 0 Å². The number of hydrogen-bond acceptors (Lipinski definition) is 5. The smallest absolute Gasteiger partial charge is 0.311 e.